The van der Waals surface area contributed by atoms with Crippen molar-refractivity contribution in [3.8, 4) is 0 Å². The molecule has 0 heterocycles. The van der Waals surface area contributed by atoms with Crippen LogP contribution in [0.5, 0.6) is 0 Å². The van der Waals surface area contributed by atoms with Gasteiger partial charge in [0, 0.05) is 13.0 Å². The zero-order chi connectivity index (χ0) is 47.4. The second-order valence-electron chi connectivity index (χ2n) is 19.3. The molecular formula is C55H109O9P. The van der Waals surface area contributed by atoms with Gasteiger partial charge in [-0.1, -0.05) is 257 Å². The number of unbranched alkanes of at least 4 members (excludes halogenated alkanes) is 39. The van der Waals surface area contributed by atoms with Crippen LogP contribution < -0.4 is 0 Å². The second kappa shape index (κ2) is 52.6. The number of hydrogen-bond acceptors (Lipinski definition) is 8. The van der Waals surface area contributed by atoms with Crippen molar-refractivity contribution in [1.82, 2.24) is 0 Å². The fourth-order valence-corrected chi connectivity index (χ4v) is 9.20. The fourth-order valence-electron chi connectivity index (χ4n) is 8.41. The van der Waals surface area contributed by atoms with Crippen LogP contribution in [0.4, 0.5) is 0 Å². The van der Waals surface area contributed by atoms with Crippen LogP contribution >= 0.6 is 7.82 Å². The van der Waals surface area contributed by atoms with Crippen LogP contribution in [0.15, 0.2) is 12.2 Å². The second-order valence-corrected chi connectivity index (χ2v) is 20.8. The highest BCUT2D eigenvalue weighted by Crippen LogP contribution is 2.43. The number of phosphoric ester groups is 1. The highest BCUT2D eigenvalue weighted by atomic mass is 31.2. The van der Waals surface area contributed by atoms with E-state index in [1.165, 1.54) is 238 Å². The molecule has 0 aliphatic carbocycles. The largest absolute Gasteiger partial charge is 0.472 e. The summed E-state index contributed by atoms with van der Waals surface area (Å²) in [4.78, 5) is 22.7. The van der Waals surface area contributed by atoms with Gasteiger partial charge in [0.15, 0.2) is 0 Å². The third kappa shape index (κ3) is 52.4. The summed E-state index contributed by atoms with van der Waals surface area (Å²) in [5.74, 6) is -0.375. The Kier molecular flexibility index (Phi) is 51.9. The lowest BCUT2D eigenvalue weighted by Crippen LogP contribution is -2.29. The van der Waals surface area contributed by atoms with Crippen LogP contribution in [0, 0.1) is 0 Å². The summed E-state index contributed by atoms with van der Waals surface area (Å²) < 4.78 is 33.6. The molecule has 0 fully saturated rings. The Morgan fingerprint density at radius 2 is 0.785 bits per heavy atom. The van der Waals surface area contributed by atoms with Gasteiger partial charge in [-0.2, -0.15) is 0 Å². The summed E-state index contributed by atoms with van der Waals surface area (Å²) in [7, 11) is -4.52. The van der Waals surface area contributed by atoms with E-state index >= 15 is 0 Å². The highest BCUT2D eigenvalue weighted by molar-refractivity contribution is 7.47. The smallest absolute Gasteiger partial charge is 0.457 e. The molecule has 3 unspecified atom stereocenters. The normalized spacial score (nSPS) is 13.7. The molecule has 0 aliphatic rings. The maximum Gasteiger partial charge on any atom is 0.472 e. The molecule has 10 heteroatoms. The van der Waals surface area contributed by atoms with Gasteiger partial charge in [0.05, 0.1) is 26.4 Å². The molecule has 0 aliphatic heterocycles. The van der Waals surface area contributed by atoms with Crippen LogP contribution in [0.2, 0.25) is 0 Å². The molecule has 3 N–H and O–H groups in total. The number of aliphatic hydroxyl groups is 2. The molecular weight excluding hydrogens is 836 g/mol. The van der Waals surface area contributed by atoms with Crippen molar-refractivity contribution in [2.45, 2.75) is 302 Å². The number of carbonyl (C=O) groups excluding carboxylic acids is 1. The van der Waals surface area contributed by atoms with Crippen molar-refractivity contribution < 1.29 is 43.0 Å². The molecule has 0 bridgehead atoms. The predicted octanol–water partition coefficient (Wildman–Crippen LogP) is 16.8. The lowest BCUT2D eigenvalue weighted by Gasteiger charge is -2.20. The number of hydrogen-bond donors (Lipinski definition) is 3. The Bertz CT molecular complexity index is 1030. The van der Waals surface area contributed by atoms with Crippen molar-refractivity contribution in [3.63, 3.8) is 0 Å². The first-order valence-corrected chi connectivity index (χ1v) is 29.7. The lowest BCUT2D eigenvalue weighted by molar-refractivity contribution is -0.154. The summed E-state index contributed by atoms with van der Waals surface area (Å²) in [5, 5.41) is 18.4. The zero-order valence-electron chi connectivity index (χ0n) is 43.0. The first kappa shape index (κ1) is 64.2. The Hall–Kier alpha value is -0.800. The van der Waals surface area contributed by atoms with Gasteiger partial charge in [-0.05, 0) is 38.5 Å². The van der Waals surface area contributed by atoms with E-state index in [0.717, 1.165) is 32.1 Å². The molecule has 9 nitrogen and oxygen atoms in total. The Labute approximate surface area is 402 Å². The summed E-state index contributed by atoms with van der Waals surface area (Å²) in [6.45, 7) is 3.60. The van der Waals surface area contributed by atoms with E-state index in [0.29, 0.717) is 6.61 Å². The van der Waals surface area contributed by atoms with E-state index < -0.39 is 33.2 Å². The molecule has 0 aromatic heterocycles. The van der Waals surface area contributed by atoms with Crippen molar-refractivity contribution >= 4 is 13.8 Å². The third-order valence-electron chi connectivity index (χ3n) is 12.7. The van der Waals surface area contributed by atoms with Crippen LogP contribution in [0.3, 0.4) is 0 Å². The zero-order valence-corrected chi connectivity index (χ0v) is 43.9. The Morgan fingerprint density at radius 3 is 1.15 bits per heavy atom. The van der Waals surface area contributed by atoms with Gasteiger partial charge in [0.25, 0.3) is 0 Å². The summed E-state index contributed by atoms with van der Waals surface area (Å²) in [6, 6.07) is 0. The van der Waals surface area contributed by atoms with E-state index in [9.17, 15) is 19.4 Å². The lowest BCUT2D eigenvalue weighted by atomic mass is 10.0. The highest BCUT2D eigenvalue weighted by Gasteiger charge is 2.26. The number of allylic oxidation sites excluding steroid dienone is 2. The standard InChI is InChI=1S/C55H109O9P/c1-3-5-7-9-11-13-15-17-19-21-23-25-26-27-29-31-33-35-37-39-41-43-45-47-55(58)64-54(52-63-65(59,60)62-50-53(57)49-56)51-61-48-46-44-42-40-38-36-34-32-30-28-24-22-20-18-16-14-12-10-8-6-4-2/h21,23,53-54,56-57H,3-20,22,24-52H2,1-2H3,(H,59,60)/b23-21-. The molecule has 388 valence electrons. The predicted molar refractivity (Wildman–Crippen MR) is 275 cm³/mol. The molecule has 0 saturated heterocycles. The SMILES string of the molecule is CCCCCCCCCC/C=C\CCCCCCCCCCCCCC(=O)OC(COCCCCCCCCCCCCCCCCCCCCCCC)COP(=O)(O)OCC(O)CO. The van der Waals surface area contributed by atoms with Gasteiger partial charge < -0.3 is 24.6 Å². The van der Waals surface area contributed by atoms with Crippen LogP contribution in [0.1, 0.15) is 290 Å². The van der Waals surface area contributed by atoms with E-state index in [4.69, 9.17) is 23.6 Å². The Balaban J connectivity index is 3.98. The van der Waals surface area contributed by atoms with E-state index in [1.54, 1.807) is 0 Å². The third-order valence-corrected chi connectivity index (χ3v) is 13.7. The van der Waals surface area contributed by atoms with Gasteiger partial charge in [-0.25, -0.2) is 4.57 Å². The van der Waals surface area contributed by atoms with E-state index in [2.05, 4.69) is 26.0 Å². The van der Waals surface area contributed by atoms with Crippen molar-refractivity contribution in [2.24, 2.45) is 0 Å². The van der Waals surface area contributed by atoms with Crippen molar-refractivity contribution in [2.75, 3.05) is 33.0 Å². The van der Waals surface area contributed by atoms with E-state index in [1.807, 2.05) is 0 Å². The maximum absolute atomic E-state index is 12.7. The number of carbonyl (C=O) groups is 1. The van der Waals surface area contributed by atoms with Gasteiger partial charge in [0.2, 0.25) is 0 Å². The number of esters is 1. The molecule has 0 spiro atoms. The van der Waals surface area contributed by atoms with Crippen LogP contribution in [0.25, 0.3) is 0 Å². The van der Waals surface area contributed by atoms with E-state index in [-0.39, 0.29) is 25.6 Å². The molecule has 0 amide bonds. The summed E-state index contributed by atoms with van der Waals surface area (Å²) >= 11 is 0. The van der Waals surface area contributed by atoms with Crippen LogP contribution in [-0.4, -0.2) is 66.3 Å². The first-order chi connectivity index (χ1) is 31.8. The average molecular weight is 945 g/mol. The minimum absolute atomic E-state index is 0.0562. The van der Waals surface area contributed by atoms with Gasteiger partial charge >= 0.3 is 13.8 Å². The molecule has 65 heavy (non-hydrogen) atoms. The van der Waals surface area contributed by atoms with Gasteiger partial charge in [-0.15, -0.1) is 0 Å². The number of aliphatic hydroxyl groups excluding tert-OH is 2. The topological polar surface area (TPSA) is 132 Å². The molecule has 0 rings (SSSR count). The molecule has 0 aromatic carbocycles. The number of ether oxygens (including phenoxy) is 2. The van der Waals surface area contributed by atoms with Crippen LogP contribution in [-0.2, 0) is 27.9 Å². The Morgan fingerprint density at radius 1 is 0.462 bits per heavy atom. The number of rotatable bonds is 55. The first-order valence-electron chi connectivity index (χ1n) is 28.2. The minimum Gasteiger partial charge on any atom is -0.457 e. The average Bonchev–Trinajstić information content (AvgIpc) is 3.30. The molecule has 0 aromatic rings. The maximum atomic E-state index is 12.7. The monoisotopic (exact) mass is 945 g/mol. The quantitative estimate of drug-likeness (QED) is 0.0236. The molecule has 3 atom stereocenters. The fraction of sp³-hybridized carbons (Fsp3) is 0.945. The minimum atomic E-state index is -4.52. The van der Waals surface area contributed by atoms with Crippen molar-refractivity contribution in [3.05, 3.63) is 12.2 Å². The molecule has 0 saturated carbocycles. The number of phosphoric acid groups is 1. The van der Waals surface area contributed by atoms with Gasteiger partial charge in [0.1, 0.15) is 12.2 Å². The molecule has 0 radical (unpaired) electrons. The summed E-state index contributed by atoms with van der Waals surface area (Å²) in [5.41, 5.74) is 0. The van der Waals surface area contributed by atoms with Crippen molar-refractivity contribution in [1.29, 1.82) is 0 Å². The summed E-state index contributed by atoms with van der Waals surface area (Å²) in [6.07, 6.45) is 57.6. The van der Waals surface area contributed by atoms with Gasteiger partial charge in [-0.3, -0.25) is 13.8 Å².